The first-order valence-electron chi connectivity index (χ1n) is 5.03. The molecule has 0 bridgehead atoms. The highest BCUT2D eigenvalue weighted by Gasteiger charge is 2.02. The van der Waals surface area contributed by atoms with Crippen molar-refractivity contribution < 1.29 is 9.90 Å². The van der Waals surface area contributed by atoms with Gasteiger partial charge in [0.15, 0.2) is 0 Å². The van der Waals surface area contributed by atoms with Crippen LogP contribution in [0.15, 0.2) is 42.5 Å². The summed E-state index contributed by atoms with van der Waals surface area (Å²) in [5, 5.41) is 12.1. The highest BCUT2D eigenvalue weighted by Crippen LogP contribution is 2.23. The molecule has 16 heavy (non-hydrogen) atoms. The molecule has 1 amide bonds. The van der Waals surface area contributed by atoms with Crippen LogP contribution in [0, 0.1) is 6.92 Å². The van der Waals surface area contributed by atoms with E-state index >= 15 is 0 Å². The molecule has 0 fully saturated rings. The quantitative estimate of drug-likeness (QED) is 0.464. The van der Waals surface area contributed by atoms with Gasteiger partial charge in [0.05, 0.1) is 5.69 Å². The van der Waals surface area contributed by atoms with Crippen molar-refractivity contribution in [2.45, 2.75) is 13.8 Å². The van der Waals surface area contributed by atoms with Gasteiger partial charge in [-0.2, -0.15) is 0 Å². The molecular weight excluding hydrogens is 202 g/mol. The van der Waals surface area contributed by atoms with Crippen LogP contribution >= 0.6 is 0 Å². The van der Waals surface area contributed by atoms with E-state index in [9.17, 15) is 9.90 Å². The van der Waals surface area contributed by atoms with Crippen molar-refractivity contribution in [2.75, 3.05) is 5.32 Å². The Morgan fingerprint density at radius 3 is 2.75 bits per heavy atom. The van der Waals surface area contributed by atoms with Gasteiger partial charge in [0, 0.05) is 6.08 Å². The number of carbonyl (C=O) groups is 1. The predicted octanol–water partition coefficient (Wildman–Crippen LogP) is 2.77. The number of rotatable bonds is 3. The summed E-state index contributed by atoms with van der Waals surface area (Å²) in [6.07, 6.45) is 6.63. The van der Waals surface area contributed by atoms with Gasteiger partial charge in [0.1, 0.15) is 5.75 Å². The number of carbonyl (C=O) groups excluding carboxylic acids is 1. The standard InChI is InChI=1S/C13H15NO2/c1-3-4-5-6-13(16)14-11-8-7-10(2)9-12(11)15/h3-9,15H,1-2H3,(H,14,16). The molecular formula is C13H15NO2. The van der Waals surface area contributed by atoms with Gasteiger partial charge in [0.25, 0.3) is 0 Å². The minimum atomic E-state index is -0.266. The monoisotopic (exact) mass is 217 g/mol. The number of amides is 1. The second-order valence-electron chi connectivity index (χ2n) is 3.39. The maximum atomic E-state index is 11.4. The Bertz CT molecular complexity index is 434. The first kappa shape index (κ1) is 12.0. The number of hydrogen-bond acceptors (Lipinski definition) is 2. The zero-order chi connectivity index (χ0) is 12.0. The van der Waals surface area contributed by atoms with E-state index in [4.69, 9.17) is 0 Å². The van der Waals surface area contributed by atoms with Gasteiger partial charge in [-0.15, -0.1) is 0 Å². The molecule has 0 radical (unpaired) electrons. The first-order chi connectivity index (χ1) is 7.63. The van der Waals surface area contributed by atoms with Crippen molar-refractivity contribution in [3.8, 4) is 5.75 Å². The fourth-order valence-electron chi connectivity index (χ4n) is 1.18. The molecule has 84 valence electrons. The van der Waals surface area contributed by atoms with E-state index in [1.807, 2.05) is 26.0 Å². The number of allylic oxidation sites excluding steroid dienone is 3. The van der Waals surface area contributed by atoms with E-state index in [0.717, 1.165) is 5.56 Å². The van der Waals surface area contributed by atoms with Crippen molar-refractivity contribution in [3.63, 3.8) is 0 Å². The molecule has 0 unspecified atom stereocenters. The van der Waals surface area contributed by atoms with E-state index in [1.54, 1.807) is 24.3 Å². The number of phenolic OH excluding ortho intramolecular Hbond substituents is 1. The lowest BCUT2D eigenvalue weighted by atomic mass is 10.2. The molecule has 1 rings (SSSR count). The van der Waals surface area contributed by atoms with Crippen LogP contribution in [0.4, 0.5) is 5.69 Å². The molecule has 0 spiro atoms. The van der Waals surface area contributed by atoms with E-state index in [0.29, 0.717) is 5.69 Å². The Morgan fingerprint density at radius 1 is 1.38 bits per heavy atom. The predicted molar refractivity (Wildman–Crippen MR) is 65.4 cm³/mol. The van der Waals surface area contributed by atoms with Gasteiger partial charge in [-0.3, -0.25) is 4.79 Å². The van der Waals surface area contributed by atoms with E-state index in [1.165, 1.54) is 6.08 Å². The third-order valence-electron chi connectivity index (χ3n) is 1.96. The summed E-state index contributed by atoms with van der Waals surface area (Å²) in [7, 11) is 0. The van der Waals surface area contributed by atoms with Gasteiger partial charge in [-0.1, -0.05) is 24.3 Å². The van der Waals surface area contributed by atoms with Gasteiger partial charge < -0.3 is 10.4 Å². The Morgan fingerprint density at radius 2 is 2.12 bits per heavy atom. The van der Waals surface area contributed by atoms with Gasteiger partial charge >= 0.3 is 0 Å². The fourth-order valence-corrected chi connectivity index (χ4v) is 1.18. The lowest BCUT2D eigenvalue weighted by Crippen LogP contribution is -2.07. The molecule has 1 aromatic rings. The van der Waals surface area contributed by atoms with Crippen molar-refractivity contribution in [2.24, 2.45) is 0 Å². The number of anilines is 1. The largest absolute Gasteiger partial charge is 0.506 e. The van der Waals surface area contributed by atoms with E-state index in [2.05, 4.69) is 5.32 Å². The number of aryl methyl sites for hydroxylation is 1. The van der Waals surface area contributed by atoms with Crippen LogP contribution in [-0.4, -0.2) is 11.0 Å². The lowest BCUT2D eigenvalue weighted by molar-refractivity contribution is -0.111. The third-order valence-corrected chi connectivity index (χ3v) is 1.96. The topological polar surface area (TPSA) is 49.3 Å². The molecule has 0 aliphatic heterocycles. The Labute approximate surface area is 95.1 Å². The molecule has 0 aliphatic carbocycles. The number of nitrogens with one attached hydrogen (secondary N) is 1. The van der Waals surface area contributed by atoms with E-state index < -0.39 is 0 Å². The van der Waals surface area contributed by atoms with Crippen LogP contribution in [0.5, 0.6) is 5.75 Å². The Hall–Kier alpha value is -2.03. The van der Waals surface area contributed by atoms with Gasteiger partial charge in [0.2, 0.25) is 5.91 Å². The van der Waals surface area contributed by atoms with Crippen LogP contribution in [-0.2, 0) is 4.79 Å². The van der Waals surface area contributed by atoms with Gasteiger partial charge in [-0.05, 0) is 31.5 Å². The maximum Gasteiger partial charge on any atom is 0.248 e. The molecule has 3 heteroatoms. The summed E-state index contributed by atoms with van der Waals surface area (Å²) in [5.41, 5.74) is 1.36. The Kier molecular flexibility index (Phi) is 4.33. The van der Waals surface area contributed by atoms with Crippen LogP contribution in [0.1, 0.15) is 12.5 Å². The molecule has 0 saturated heterocycles. The SMILES string of the molecule is CC=CC=CC(=O)Nc1ccc(C)cc1O. The maximum absolute atomic E-state index is 11.4. The summed E-state index contributed by atoms with van der Waals surface area (Å²) < 4.78 is 0. The van der Waals surface area contributed by atoms with Crippen molar-refractivity contribution in [1.29, 1.82) is 0 Å². The normalized spacial score (nSPS) is 11.1. The highest BCUT2D eigenvalue weighted by atomic mass is 16.3. The van der Waals surface area contributed by atoms with E-state index in [-0.39, 0.29) is 11.7 Å². The lowest BCUT2D eigenvalue weighted by Gasteiger charge is -2.05. The molecule has 0 aromatic heterocycles. The molecule has 2 N–H and O–H groups in total. The molecule has 0 heterocycles. The van der Waals surface area contributed by atoms with Crippen LogP contribution < -0.4 is 5.32 Å². The second kappa shape index (κ2) is 5.75. The average Bonchev–Trinajstić information content (AvgIpc) is 2.23. The number of hydrogen-bond donors (Lipinski definition) is 2. The fraction of sp³-hybridized carbons (Fsp3) is 0.154. The van der Waals surface area contributed by atoms with Crippen LogP contribution in [0.3, 0.4) is 0 Å². The second-order valence-corrected chi connectivity index (χ2v) is 3.39. The first-order valence-corrected chi connectivity index (χ1v) is 5.03. The minimum Gasteiger partial charge on any atom is -0.506 e. The number of phenols is 1. The minimum absolute atomic E-state index is 0.0767. The summed E-state index contributed by atoms with van der Waals surface area (Å²) in [6.45, 7) is 3.74. The molecule has 3 nitrogen and oxygen atoms in total. The summed E-state index contributed by atoms with van der Waals surface area (Å²) in [6, 6.07) is 5.10. The van der Waals surface area contributed by atoms with Crippen molar-refractivity contribution >= 4 is 11.6 Å². The Balaban J connectivity index is 2.70. The molecule has 0 saturated carbocycles. The van der Waals surface area contributed by atoms with Crippen molar-refractivity contribution in [1.82, 2.24) is 0 Å². The summed E-state index contributed by atoms with van der Waals surface area (Å²) >= 11 is 0. The summed E-state index contributed by atoms with van der Waals surface area (Å²) in [4.78, 5) is 11.4. The average molecular weight is 217 g/mol. The molecule has 0 atom stereocenters. The number of benzene rings is 1. The van der Waals surface area contributed by atoms with Gasteiger partial charge in [-0.25, -0.2) is 0 Å². The summed E-state index contributed by atoms with van der Waals surface area (Å²) in [5.74, 6) is -0.190. The third kappa shape index (κ3) is 3.61. The van der Waals surface area contributed by atoms with Crippen LogP contribution in [0.2, 0.25) is 0 Å². The van der Waals surface area contributed by atoms with Crippen LogP contribution in [0.25, 0.3) is 0 Å². The zero-order valence-electron chi connectivity index (χ0n) is 9.40. The molecule has 0 aliphatic rings. The zero-order valence-corrected chi connectivity index (χ0v) is 9.40. The highest BCUT2D eigenvalue weighted by molar-refractivity contribution is 6.00. The van der Waals surface area contributed by atoms with Crippen molar-refractivity contribution in [3.05, 3.63) is 48.1 Å². The number of aromatic hydroxyl groups is 1. The smallest absolute Gasteiger partial charge is 0.248 e. The molecule has 1 aromatic carbocycles.